The lowest BCUT2D eigenvalue weighted by Gasteiger charge is -2.10. The van der Waals surface area contributed by atoms with Gasteiger partial charge in [-0.1, -0.05) is 4.49 Å². The molecule has 1 rings (SSSR count). The van der Waals surface area contributed by atoms with E-state index in [1.165, 1.54) is 0 Å². The summed E-state index contributed by atoms with van der Waals surface area (Å²) >= 11 is 0.720. The zero-order valence-electron chi connectivity index (χ0n) is 9.71. The Balaban J connectivity index is 3.15. The van der Waals surface area contributed by atoms with Gasteiger partial charge in [0.1, 0.15) is 0 Å². The summed E-state index contributed by atoms with van der Waals surface area (Å²) in [4.78, 5) is 34.3. The fraction of sp³-hybridized carbons (Fsp3) is 0.444. The fourth-order valence-corrected chi connectivity index (χ4v) is 1.94. The van der Waals surface area contributed by atoms with Crippen LogP contribution in [-0.4, -0.2) is 41.1 Å². The van der Waals surface area contributed by atoms with E-state index in [2.05, 4.69) is 14.3 Å². The van der Waals surface area contributed by atoms with Crippen molar-refractivity contribution in [2.24, 2.45) is 5.73 Å². The van der Waals surface area contributed by atoms with Gasteiger partial charge >= 0.3 is 11.9 Å². The van der Waals surface area contributed by atoms with Crippen molar-refractivity contribution < 1.29 is 23.9 Å². The molecule has 2 N–H and O–H groups in total. The normalized spacial score (nSPS) is 11.7. The smallest absolute Gasteiger partial charge is 0.359 e. The van der Waals surface area contributed by atoms with Gasteiger partial charge < -0.3 is 15.2 Å². The van der Waals surface area contributed by atoms with Crippen LogP contribution in [0.2, 0.25) is 0 Å². The number of amides is 1. The van der Waals surface area contributed by atoms with Crippen LogP contribution in [-0.2, 0) is 19.1 Å². The maximum absolute atomic E-state index is 11.6. The number of carbonyl (C=O) groups is 3. The van der Waals surface area contributed by atoms with Crippen LogP contribution >= 0.6 is 11.5 Å². The summed E-state index contributed by atoms with van der Waals surface area (Å²) in [6.45, 7) is 1.67. The zero-order chi connectivity index (χ0) is 13.7. The molecule has 0 bridgehead atoms. The van der Waals surface area contributed by atoms with Gasteiger partial charge in [-0.3, -0.25) is 9.59 Å². The lowest BCUT2D eigenvalue weighted by molar-refractivity contribution is -0.147. The highest BCUT2D eigenvalue weighted by atomic mass is 32.1. The number of nitrogens with zero attached hydrogens (tertiary/aromatic N) is 2. The molecule has 1 unspecified atom stereocenters. The lowest BCUT2D eigenvalue weighted by atomic mass is 10.1. The SMILES string of the molecule is CCOC(=O)C(C(N)=O)c1snnc1C(=O)OC. The van der Waals surface area contributed by atoms with E-state index in [4.69, 9.17) is 10.5 Å². The summed E-state index contributed by atoms with van der Waals surface area (Å²) in [6, 6.07) is 0. The molecule has 0 fully saturated rings. The highest BCUT2D eigenvalue weighted by molar-refractivity contribution is 7.06. The molecule has 0 aliphatic rings. The fourth-order valence-electron chi connectivity index (χ4n) is 1.20. The van der Waals surface area contributed by atoms with Crippen LogP contribution in [0.1, 0.15) is 28.2 Å². The molecule has 0 aromatic carbocycles. The number of methoxy groups -OCH3 is 1. The second kappa shape index (κ2) is 6.05. The minimum atomic E-state index is -1.40. The van der Waals surface area contributed by atoms with Gasteiger partial charge in [0.05, 0.1) is 18.6 Å². The Kier molecular flexibility index (Phi) is 4.72. The maximum Gasteiger partial charge on any atom is 0.359 e. The first-order chi connectivity index (χ1) is 8.52. The monoisotopic (exact) mass is 273 g/mol. The second-order valence-electron chi connectivity index (χ2n) is 3.06. The number of hydrogen-bond donors (Lipinski definition) is 1. The molecule has 9 heteroatoms. The van der Waals surface area contributed by atoms with E-state index in [1.54, 1.807) is 6.92 Å². The number of carbonyl (C=O) groups excluding carboxylic acids is 3. The average Bonchev–Trinajstić information content (AvgIpc) is 2.77. The van der Waals surface area contributed by atoms with E-state index in [1.807, 2.05) is 0 Å². The van der Waals surface area contributed by atoms with Gasteiger partial charge in [-0.25, -0.2) is 4.79 Å². The highest BCUT2D eigenvalue weighted by Gasteiger charge is 2.35. The third-order valence-corrected chi connectivity index (χ3v) is 2.75. The van der Waals surface area contributed by atoms with Crippen molar-refractivity contribution in [2.75, 3.05) is 13.7 Å². The summed E-state index contributed by atoms with van der Waals surface area (Å²) in [7, 11) is 1.15. The summed E-state index contributed by atoms with van der Waals surface area (Å²) in [5.74, 6) is -3.99. The van der Waals surface area contributed by atoms with Crippen molar-refractivity contribution in [3.05, 3.63) is 10.6 Å². The van der Waals surface area contributed by atoms with Crippen LogP contribution in [0.5, 0.6) is 0 Å². The van der Waals surface area contributed by atoms with Crippen molar-refractivity contribution in [3.63, 3.8) is 0 Å². The molecule has 98 valence electrons. The number of aromatic nitrogens is 2. The van der Waals surface area contributed by atoms with E-state index in [0.717, 1.165) is 18.6 Å². The Hall–Kier alpha value is -2.03. The molecule has 1 heterocycles. The molecule has 18 heavy (non-hydrogen) atoms. The number of nitrogens with two attached hydrogens (primary N) is 1. The third kappa shape index (κ3) is 2.80. The lowest BCUT2D eigenvalue weighted by Crippen LogP contribution is -2.30. The summed E-state index contributed by atoms with van der Waals surface area (Å²) in [5.41, 5.74) is 4.92. The Morgan fingerprint density at radius 2 is 2.11 bits per heavy atom. The Morgan fingerprint density at radius 1 is 1.44 bits per heavy atom. The number of esters is 2. The van der Waals surface area contributed by atoms with Gasteiger partial charge in [0, 0.05) is 0 Å². The molecule has 8 nitrogen and oxygen atoms in total. The van der Waals surface area contributed by atoms with E-state index in [-0.39, 0.29) is 17.2 Å². The van der Waals surface area contributed by atoms with Crippen molar-refractivity contribution in [3.8, 4) is 0 Å². The molecule has 0 spiro atoms. The molecule has 0 aliphatic heterocycles. The maximum atomic E-state index is 11.6. The van der Waals surface area contributed by atoms with Crippen molar-refractivity contribution >= 4 is 29.4 Å². The number of rotatable bonds is 5. The van der Waals surface area contributed by atoms with E-state index in [9.17, 15) is 14.4 Å². The van der Waals surface area contributed by atoms with Crippen LogP contribution in [0.15, 0.2) is 0 Å². The molecule has 0 saturated heterocycles. The van der Waals surface area contributed by atoms with Crippen LogP contribution in [0.25, 0.3) is 0 Å². The van der Waals surface area contributed by atoms with Gasteiger partial charge in [-0.05, 0) is 18.5 Å². The van der Waals surface area contributed by atoms with E-state index in [0.29, 0.717) is 0 Å². The predicted molar refractivity (Wildman–Crippen MR) is 59.8 cm³/mol. The number of primary amides is 1. The Bertz CT molecular complexity index is 473. The van der Waals surface area contributed by atoms with Crippen LogP contribution in [0.3, 0.4) is 0 Å². The van der Waals surface area contributed by atoms with Gasteiger partial charge in [-0.2, -0.15) is 0 Å². The molecule has 1 aromatic rings. The van der Waals surface area contributed by atoms with Crippen molar-refractivity contribution in [1.82, 2.24) is 9.59 Å². The van der Waals surface area contributed by atoms with Crippen LogP contribution in [0.4, 0.5) is 0 Å². The molecular formula is C9H11N3O5S. The molecule has 0 aliphatic carbocycles. The Labute approximate surface area is 106 Å². The topological polar surface area (TPSA) is 121 Å². The average molecular weight is 273 g/mol. The van der Waals surface area contributed by atoms with Gasteiger partial charge in [0.25, 0.3) is 0 Å². The predicted octanol–water partition coefficient (Wildman–Crippen LogP) is -0.543. The quantitative estimate of drug-likeness (QED) is 0.564. The molecular weight excluding hydrogens is 262 g/mol. The first-order valence-corrected chi connectivity index (χ1v) is 5.66. The Morgan fingerprint density at radius 3 is 2.61 bits per heavy atom. The van der Waals surface area contributed by atoms with Crippen LogP contribution < -0.4 is 5.73 Å². The molecule has 1 amide bonds. The van der Waals surface area contributed by atoms with Gasteiger partial charge in [0.15, 0.2) is 11.6 Å². The molecule has 1 atom stereocenters. The molecule has 0 saturated carbocycles. The van der Waals surface area contributed by atoms with Crippen molar-refractivity contribution in [1.29, 1.82) is 0 Å². The summed E-state index contributed by atoms with van der Waals surface area (Å²) in [5, 5.41) is 3.51. The molecule has 1 aromatic heterocycles. The number of hydrogen-bond acceptors (Lipinski definition) is 8. The van der Waals surface area contributed by atoms with E-state index >= 15 is 0 Å². The van der Waals surface area contributed by atoms with Crippen molar-refractivity contribution in [2.45, 2.75) is 12.8 Å². The first kappa shape index (κ1) is 14.0. The standard InChI is InChI=1S/C9H11N3O5S/c1-3-17-8(14)4(7(10)13)6-5(9(15)16-2)11-12-18-6/h4H,3H2,1-2H3,(H2,10,13). The largest absolute Gasteiger partial charge is 0.465 e. The minimum Gasteiger partial charge on any atom is -0.465 e. The third-order valence-electron chi connectivity index (χ3n) is 1.96. The highest BCUT2D eigenvalue weighted by Crippen LogP contribution is 2.24. The zero-order valence-corrected chi connectivity index (χ0v) is 10.5. The summed E-state index contributed by atoms with van der Waals surface area (Å²) < 4.78 is 12.7. The second-order valence-corrected chi connectivity index (χ2v) is 3.85. The van der Waals surface area contributed by atoms with Crippen LogP contribution in [0, 0.1) is 0 Å². The van der Waals surface area contributed by atoms with E-state index < -0.39 is 23.8 Å². The molecule has 0 radical (unpaired) electrons. The summed E-state index contributed by atoms with van der Waals surface area (Å²) in [6.07, 6.45) is 0. The number of ether oxygens (including phenoxy) is 2. The first-order valence-electron chi connectivity index (χ1n) is 4.89. The minimum absolute atomic E-state index is 0.0211. The van der Waals surface area contributed by atoms with Gasteiger partial charge in [0.2, 0.25) is 5.91 Å². The van der Waals surface area contributed by atoms with Gasteiger partial charge in [-0.15, -0.1) is 5.10 Å².